The highest BCUT2D eigenvalue weighted by atomic mass is 16.5. The average molecular weight is 605 g/mol. The second kappa shape index (κ2) is 13.7. The summed E-state index contributed by atoms with van der Waals surface area (Å²) in [6.07, 6.45) is 0. The molecule has 2 N–H and O–H groups in total. The van der Waals surface area contributed by atoms with Crippen LogP contribution in [0.5, 0.6) is 11.5 Å². The Bertz CT molecular complexity index is 1590. The molecule has 4 rings (SSSR count). The van der Waals surface area contributed by atoms with Crippen molar-refractivity contribution in [3.63, 3.8) is 0 Å². The summed E-state index contributed by atoms with van der Waals surface area (Å²) in [5.74, 6) is -0.187. The molecule has 1 fully saturated rings. The zero-order chi connectivity index (χ0) is 32.1. The Balaban J connectivity index is 1.39. The van der Waals surface area contributed by atoms with Gasteiger partial charge in [-0.3, -0.25) is 29.3 Å². The van der Waals surface area contributed by atoms with E-state index < -0.39 is 0 Å². The molecule has 0 bridgehead atoms. The fourth-order valence-corrected chi connectivity index (χ4v) is 5.01. The maximum Gasteiger partial charge on any atom is 0.244 e. The molecule has 2 amide bonds. The van der Waals surface area contributed by atoms with Gasteiger partial charge in [0.15, 0.2) is 11.6 Å². The third kappa shape index (κ3) is 6.90. The Morgan fingerprint density at radius 2 is 1.45 bits per heavy atom. The number of anilines is 1. The number of nitrogens with one attached hydrogen (secondary N) is 2. The largest absolute Gasteiger partial charge is 0.497 e. The van der Waals surface area contributed by atoms with Crippen molar-refractivity contribution in [3.05, 3.63) is 47.7 Å². The zero-order valence-electron chi connectivity index (χ0n) is 26.1. The maximum absolute atomic E-state index is 13.3. The van der Waals surface area contributed by atoms with Crippen LogP contribution in [0.1, 0.15) is 43.7 Å². The third-order valence-corrected chi connectivity index (χ3v) is 7.68. The molecule has 1 aliphatic heterocycles. The minimum atomic E-state index is -0.336. The van der Waals surface area contributed by atoms with E-state index in [1.54, 1.807) is 71.8 Å². The second-order valence-corrected chi connectivity index (χ2v) is 11.3. The van der Waals surface area contributed by atoms with Gasteiger partial charge in [-0.25, -0.2) is 0 Å². The minimum Gasteiger partial charge on any atom is -0.497 e. The number of hydrogen-bond donors (Lipinski definition) is 2. The van der Waals surface area contributed by atoms with E-state index in [0.717, 1.165) is 0 Å². The Morgan fingerprint density at radius 3 is 2.05 bits per heavy atom. The van der Waals surface area contributed by atoms with Gasteiger partial charge < -0.3 is 24.6 Å². The summed E-state index contributed by atoms with van der Waals surface area (Å²) in [6.45, 7) is 8.40. The van der Waals surface area contributed by atoms with Crippen molar-refractivity contribution < 1.29 is 28.7 Å². The van der Waals surface area contributed by atoms with Crippen molar-refractivity contribution >= 4 is 45.7 Å². The summed E-state index contributed by atoms with van der Waals surface area (Å²) in [6, 6.07) is 10.3. The van der Waals surface area contributed by atoms with Crippen LogP contribution in [-0.4, -0.2) is 95.6 Å². The normalized spacial score (nSPS) is 13.4. The summed E-state index contributed by atoms with van der Waals surface area (Å²) in [5.41, 5.74) is 1.70. The topological polar surface area (TPSA) is 147 Å². The van der Waals surface area contributed by atoms with Gasteiger partial charge in [0.1, 0.15) is 29.4 Å². The Morgan fingerprint density at radius 1 is 0.864 bits per heavy atom. The number of piperazine rings is 1. The van der Waals surface area contributed by atoms with Crippen molar-refractivity contribution in [1.29, 1.82) is 5.41 Å². The van der Waals surface area contributed by atoms with E-state index in [1.807, 2.05) is 13.8 Å². The number of fused-ring (bicyclic) bond motifs is 1. The molecule has 0 spiro atoms. The van der Waals surface area contributed by atoms with Crippen molar-refractivity contribution in [1.82, 2.24) is 19.6 Å². The average Bonchev–Trinajstić information content (AvgIpc) is 3.39. The van der Waals surface area contributed by atoms with Crippen LogP contribution in [0.25, 0.3) is 10.9 Å². The molecule has 1 saturated heterocycles. The molecule has 2 heterocycles. The molecule has 0 unspecified atom stereocenters. The summed E-state index contributed by atoms with van der Waals surface area (Å²) in [5, 5.41) is 16.6. The lowest BCUT2D eigenvalue weighted by Gasteiger charge is -2.35. The summed E-state index contributed by atoms with van der Waals surface area (Å²) in [4.78, 5) is 55.1. The first-order valence-corrected chi connectivity index (χ1v) is 14.6. The molecule has 44 heavy (non-hydrogen) atoms. The highest BCUT2D eigenvalue weighted by Crippen LogP contribution is 2.26. The van der Waals surface area contributed by atoms with E-state index in [-0.39, 0.29) is 54.0 Å². The molecule has 2 aromatic carbocycles. The van der Waals surface area contributed by atoms with Gasteiger partial charge in [-0.05, 0) is 24.3 Å². The number of amides is 2. The number of carbonyl (C=O) groups excluding carboxylic acids is 4. The van der Waals surface area contributed by atoms with Crippen molar-refractivity contribution in [3.8, 4) is 11.5 Å². The predicted octanol–water partition coefficient (Wildman–Crippen LogP) is 3.27. The number of methoxy groups -OCH3 is 2. The van der Waals surface area contributed by atoms with Crippen LogP contribution in [-0.2, 0) is 20.9 Å². The fourth-order valence-electron chi connectivity index (χ4n) is 5.01. The number of aromatic nitrogens is 2. The van der Waals surface area contributed by atoms with Gasteiger partial charge in [-0.2, -0.15) is 5.10 Å². The predicted molar refractivity (Wildman–Crippen MR) is 167 cm³/mol. The molecule has 0 atom stereocenters. The highest BCUT2D eigenvalue weighted by Gasteiger charge is 2.27. The number of Topliss-reactive ketones (excluding diaryl/α,β-unsaturated/α-hetero) is 2. The number of ether oxygens (including phenoxy) is 2. The quantitative estimate of drug-likeness (QED) is 0.237. The molecule has 1 aromatic heterocycles. The lowest BCUT2D eigenvalue weighted by molar-refractivity contribution is -0.139. The summed E-state index contributed by atoms with van der Waals surface area (Å²) >= 11 is 0. The standard InChI is InChI=1S/C32H40N6O6/c1-19(2)31(41)29(33)23-9-7-21(43-5)15-25(23)34-17-27(39)36-11-13-37(14-12-36)28(40)18-38-26-16-22(44-6)8-10-24(26)30(35-38)32(42)20(3)4/h7-10,15-16,19-20,33-34H,11-14,17-18H2,1-6H3. The van der Waals surface area contributed by atoms with Crippen LogP contribution in [0.4, 0.5) is 5.69 Å². The van der Waals surface area contributed by atoms with Gasteiger partial charge in [-0.15, -0.1) is 0 Å². The molecule has 0 saturated carbocycles. The fraction of sp³-hybridized carbons (Fsp3) is 0.438. The molecule has 12 heteroatoms. The lowest BCUT2D eigenvalue weighted by Crippen LogP contribution is -2.52. The number of carbonyl (C=O) groups is 4. The summed E-state index contributed by atoms with van der Waals surface area (Å²) in [7, 11) is 3.07. The number of rotatable bonds is 12. The van der Waals surface area contributed by atoms with Crippen LogP contribution in [0.2, 0.25) is 0 Å². The molecule has 1 aliphatic rings. The van der Waals surface area contributed by atoms with E-state index in [2.05, 4.69) is 10.4 Å². The second-order valence-electron chi connectivity index (χ2n) is 11.3. The van der Waals surface area contributed by atoms with Gasteiger partial charge in [0.2, 0.25) is 11.8 Å². The van der Waals surface area contributed by atoms with Crippen LogP contribution < -0.4 is 14.8 Å². The van der Waals surface area contributed by atoms with Crippen LogP contribution in [0.15, 0.2) is 36.4 Å². The van der Waals surface area contributed by atoms with E-state index in [0.29, 0.717) is 65.5 Å². The van der Waals surface area contributed by atoms with Gasteiger partial charge >= 0.3 is 0 Å². The molecular weight excluding hydrogens is 564 g/mol. The number of nitrogens with zero attached hydrogens (tertiary/aromatic N) is 4. The van der Waals surface area contributed by atoms with Gasteiger partial charge in [-0.1, -0.05) is 27.7 Å². The number of hydrogen-bond acceptors (Lipinski definition) is 9. The monoisotopic (exact) mass is 604 g/mol. The van der Waals surface area contributed by atoms with Crippen molar-refractivity contribution in [2.24, 2.45) is 11.8 Å². The Labute approximate surface area is 256 Å². The Hall–Kier alpha value is -4.74. The molecule has 0 aliphatic carbocycles. The van der Waals surface area contributed by atoms with Crippen molar-refractivity contribution in [2.45, 2.75) is 34.2 Å². The Kier molecular flexibility index (Phi) is 10.0. The number of benzene rings is 2. The third-order valence-electron chi connectivity index (χ3n) is 7.68. The van der Waals surface area contributed by atoms with E-state index in [1.165, 1.54) is 7.11 Å². The number of ketones is 2. The van der Waals surface area contributed by atoms with E-state index in [4.69, 9.17) is 14.9 Å². The minimum absolute atomic E-state index is 0.0506. The summed E-state index contributed by atoms with van der Waals surface area (Å²) < 4.78 is 12.2. The smallest absolute Gasteiger partial charge is 0.244 e. The molecule has 3 aromatic rings. The van der Waals surface area contributed by atoms with E-state index in [9.17, 15) is 19.2 Å². The molecule has 12 nitrogen and oxygen atoms in total. The van der Waals surface area contributed by atoms with Crippen LogP contribution in [0, 0.1) is 17.2 Å². The highest BCUT2D eigenvalue weighted by molar-refractivity contribution is 6.46. The van der Waals surface area contributed by atoms with Crippen LogP contribution >= 0.6 is 0 Å². The van der Waals surface area contributed by atoms with Gasteiger partial charge in [0.05, 0.1) is 26.3 Å². The SMILES string of the molecule is COc1ccc(C(=N)C(=O)C(C)C)c(NCC(=O)N2CCN(C(=O)Cn3nc(C(=O)C(C)C)c4ccc(OC)cc43)CC2)c1. The lowest BCUT2D eigenvalue weighted by atomic mass is 9.97. The first-order chi connectivity index (χ1) is 20.9. The van der Waals surface area contributed by atoms with Crippen molar-refractivity contribution in [2.75, 3.05) is 52.3 Å². The maximum atomic E-state index is 13.3. The zero-order valence-corrected chi connectivity index (χ0v) is 26.1. The first kappa shape index (κ1) is 32.2. The first-order valence-electron chi connectivity index (χ1n) is 14.6. The molecule has 0 radical (unpaired) electrons. The van der Waals surface area contributed by atoms with E-state index >= 15 is 0 Å². The van der Waals surface area contributed by atoms with Crippen LogP contribution in [0.3, 0.4) is 0 Å². The van der Waals surface area contributed by atoms with Gasteiger partial charge in [0, 0.05) is 66.8 Å². The molecule has 234 valence electrons. The molecular formula is C32H40N6O6. The van der Waals surface area contributed by atoms with Gasteiger partial charge in [0.25, 0.3) is 0 Å².